The molecule has 20 heavy (non-hydrogen) atoms. The van der Waals surface area contributed by atoms with Crippen molar-refractivity contribution in [1.29, 1.82) is 0 Å². The second kappa shape index (κ2) is 6.40. The van der Waals surface area contributed by atoms with Crippen molar-refractivity contribution < 1.29 is 19.1 Å². The molecule has 7 heteroatoms. The van der Waals surface area contributed by atoms with Crippen molar-refractivity contribution in [2.45, 2.75) is 39.3 Å². The van der Waals surface area contributed by atoms with Gasteiger partial charge in [0, 0.05) is 18.8 Å². The van der Waals surface area contributed by atoms with Crippen LogP contribution in [0.5, 0.6) is 0 Å². The molecule has 0 fully saturated rings. The van der Waals surface area contributed by atoms with Crippen LogP contribution in [0, 0.1) is 0 Å². The number of carbonyl (C=O) groups is 2. The predicted octanol–water partition coefficient (Wildman–Crippen LogP) is 1.55. The van der Waals surface area contributed by atoms with E-state index in [-0.39, 0.29) is 6.61 Å². The van der Waals surface area contributed by atoms with Gasteiger partial charge in [0.2, 0.25) is 0 Å². The Hall–Kier alpha value is -2.05. The molecule has 0 aliphatic rings. The largest absolute Gasteiger partial charge is 0.464 e. The van der Waals surface area contributed by atoms with Crippen molar-refractivity contribution in [1.82, 2.24) is 15.1 Å². The van der Waals surface area contributed by atoms with Crippen LogP contribution in [-0.4, -0.2) is 34.1 Å². The molecule has 0 radical (unpaired) electrons. The molecule has 0 unspecified atom stereocenters. The molecule has 0 aliphatic carbocycles. The maximum absolute atomic E-state index is 11.9. The quantitative estimate of drug-likeness (QED) is 0.848. The number of ether oxygens (including phenoxy) is 2. The van der Waals surface area contributed by atoms with Gasteiger partial charge >= 0.3 is 12.1 Å². The molecule has 0 aliphatic heterocycles. The van der Waals surface area contributed by atoms with Gasteiger partial charge in [0.05, 0.1) is 12.8 Å². The standard InChI is InChI=1S/C13H21N3O4/c1-6-19-11(17)10(9-7-14-16(5)8-9)15-12(18)20-13(2,3)4/h7-8,10H,6H2,1-5H3,(H,15,18)/t10-/m1/s1. The molecule has 1 aromatic heterocycles. The summed E-state index contributed by atoms with van der Waals surface area (Å²) < 4.78 is 11.6. The average Bonchev–Trinajstić information content (AvgIpc) is 2.70. The summed E-state index contributed by atoms with van der Waals surface area (Å²) in [5.41, 5.74) is -0.102. The molecule has 0 spiro atoms. The number of esters is 1. The molecule has 1 aromatic rings. The number of aryl methyl sites for hydroxylation is 1. The molecule has 0 aromatic carbocycles. The number of hydrogen-bond acceptors (Lipinski definition) is 5. The first-order valence-corrected chi connectivity index (χ1v) is 6.37. The highest BCUT2D eigenvalue weighted by Gasteiger charge is 2.27. The van der Waals surface area contributed by atoms with E-state index < -0.39 is 23.7 Å². The molecule has 0 saturated carbocycles. The van der Waals surface area contributed by atoms with E-state index in [0.717, 1.165) is 0 Å². The second-order valence-electron chi connectivity index (χ2n) is 5.28. The first kappa shape index (κ1) is 16.0. The Bertz CT molecular complexity index is 476. The fourth-order valence-corrected chi connectivity index (χ4v) is 1.52. The highest BCUT2D eigenvalue weighted by Crippen LogP contribution is 2.15. The number of hydrogen-bond donors (Lipinski definition) is 1. The molecular weight excluding hydrogens is 262 g/mol. The lowest BCUT2D eigenvalue weighted by Gasteiger charge is -2.22. The van der Waals surface area contributed by atoms with Gasteiger partial charge in [0.1, 0.15) is 5.60 Å². The van der Waals surface area contributed by atoms with E-state index in [9.17, 15) is 9.59 Å². The van der Waals surface area contributed by atoms with Crippen molar-refractivity contribution in [2.75, 3.05) is 6.61 Å². The van der Waals surface area contributed by atoms with Crippen molar-refractivity contribution in [3.8, 4) is 0 Å². The molecule has 1 atom stereocenters. The average molecular weight is 283 g/mol. The number of aromatic nitrogens is 2. The van der Waals surface area contributed by atoms with E-state index in [1.807, 2.05) is 0 Å². The Balaban J connectivity index is 2.84. The minimum absolute atomic E-state index is 0.228. The van der Waals surface area contributed by atoms with E-state index in [2.05, 4.69) is 10.4 Å². The Labute approximate surface area is 118 Å². The highest BCUT2D eigenvalue weighted by molar-refractivity contribution is 5.82. The fourth-order valence-electron chi connectivity index (χ4n) is 1.52. The molecule has 1 heterocycles. The first-order valence-electron chi connectivity index (χ1n) is 6.37. The smallest absolute Gasteiger partial charge is 0.408 e. The Morgan fingerprint density at radius 2 is 2.10 bits per heavy atom. The summed E-state index contributed by atoms with van der Waals surface area (Å²) in [4.78, 5) is 23.7. The van der Waals surface area contributed by atoms with Crippen LogP contribution in [0.25, 0.3) is 0 Å². The van der Waals surface area contributed by atoms with Crippen LogP contribution in [0.1, 0.15) is 39.3 Å². The van der Waals surface area contributed by atoms with E-state index in [1.54, 1.807) is 45.6 Å². The third kappa shape index (κ3) is 4.91. The maximum atomic E-state index is 11.9. The van der Waals surface area contributed by atoms with Gasteiger partial charge in [-0.3, -0.25) is 4.68 Å². The zero-order chi connectivity index (χ0) is 15.3. The molecule has 112 valence electrons. The lowest BCUT2D eigenvalue weighted by Crippen LogP contribution is -2.38. The minimum atomic E-state index is -0.932. The van der Waals surface area contributed by atoms with Gasteiger partial charge in [-0.2, -0.15) is 5.10 Å². The van der Waals surface area contributed by atoms with E-state index in [0.29, 0.717) is 5.56 Å². The summed E-state index contributed by atoms with van der Waals surface area (Å²) in [5.74, 6) is -0.550. The summed E-state index contributed by atoms with van der Waals surface area (Å²) in [6.07, 6.45) is 2.46. The number of rotatable bonds is 4. The number of carbonyl (C=O) groups excluding carboxylic acids is 2. The lowest BCUT2D eigenvalue weighted by atomic mass is 10.1. The fraction of sp³-hybridized carbons (Fsp3) is 0.615. The van der Waals surface area contributed by atoms with E-state index in [1.165, 1.54) is 6.20 Å². The van der Waals surface area contributed by atoms with Gasteiger partial charge in [-0.1, -0.05) is 0 Å². The number of amides is 1. The normalized spacial score (nSPS) is 12.7. The minimum Gasteiger partial charge on any atom is -0.464 e. The van der Waals surface area contributed by atoms with Gasteiger partial charge in [-0.05, 0) is 27.7 Å². The van der Waals surface area contributed by atoms with Gasteiger partial charge in [-0.15, -0.1) is 0 Å². The van der Waals surface area contributed by atoms with Crippen molar-refractivity contribution in [3.63, 3.8) is 0 Å². The Morgan fingerprint density at radius 1 is 1.45 bits per heavy atom. The topological polar surface area (TPSA) is 82.4 Å². The second-order valence-corrected chi connectivity index (χ2v) is 5.28. The number of nitrogens with zero attached hydrogens (tertiary/aromatic N) is 2. The van der Waals surface area contributed by atoms with Crippen LogP contribution in [0.2, 0.25) is 0 Å². The third-order valence-electron chi connectivity index (χ3n) is 2.24. The number of nitrogens with one attached hydrogen (secondary N) is 1. The summed E-state index contributed by atoms with van der Waals surface area (Å²) >= 11 is 0. The first-order chi connectivity index (χ1) is 9.23. The summed E-state index contributed by atoms with van der Waals surface area (Å²) in [6, 6.07) is -0.932. The van der Waals surface area contributed by atoms with Gasteiger partial charge < -0.3 is 14.8 Å². The summed E-state index contributed by atoms with van der Waals surface area (Å²) in [6.45, 7) is 7.17. The molecule has 0 saturated heterocycles. The third-order valence-corrected chi connectivity index (χ3v) is 2.24. The molecule has 1 rings (SSSR count). The molecule has 7 nitrogen and oxygen atoms in total. The maximum Gasteiger partial charge on any atom is 0.408 e. The number of alkyl carbamates (subject to hydrolysis) is 1. The molecular formula is C13H21N3O4. The van der Waals surface area contributed by atoms with E-state index in [4.69, 9.17) is 9.47 Å². The van der Waals surface area contributed by atoms with Gasteiger partial charge in [0.25, 0.3) is 0 Å². The SMILES string of the molecule is CCOC(=O)[C@H](NC(=O)OC(C)(C)C)c1cnn(C)c1. The zero-order valence-electron chi connectivity index (χ0n) is 12.5. The van der Waals surface area contributed by atoms with Gasteiger partial charge in [0.15, 0.2) is 6.04 Å². The predicted molar refractivity (Wildman–Crippen MR) is 72.0 cm³/mol. The van der Waals surface area contributed by atoms with E-state index >= 15 is 0 Å². The summed E-state index contributed by atoms with van der Waals surface area (Å²) in [5, 5.41) is 6.48. The highest BCUT2D eigenvalue weighted by atomic mass is 16.6. The van der Waals surface area contributed by atoms with Crippen LogP contribution in [0.15, 0.2) is 12.4 Å². The van der Waals surface area contributed by atoms with Crippen LogP contribution in [-0.2, 0) is 21.3 Å². The molecule has 1 amide bonds. The van der Waals surface area contributed by atoms with Crippen molar-refractivity contribution >= 4 is 12.1 Å². The Kier molecular flexibility index (Phi) is 5.12. The Morgan fingerprint density at radius 3 is 2.55 bits per heavy atom. The lowest BCUT2D eigenvalue weighted by molar-refractivity contribution is -0.145. The summed E-state index contributed by atoms with van der Waals surface area (Å²) in [7, 11) is 1.72. The van der Waals surface area contributed by atoms with Crippen LogP contribution in [0.4, 0.5) is 4.79 Å². The van der Waals surface area contributed by atoms with Crippen molar-refractivity contribution in [3.05, 3.63) is 18.0 Å². The molecule has 0 bridgehead atoms. The van der Waals surface area contributed by atoms with Crippen molar-refractivity contribution in [2.24, 2.45) is 7.05 Å². The van der Waals surface area contributed by atoms with Gasteiger partial charge in [-0.25, -0.2) is 9.59 Å². The molecule has 1 N–H and O–H groups in total. The zero-order valence-corrected chi connectivity index (χ0v) is 12.5. The van der Waals surface area contributed by atoms with Crippen LogP contribution >= 0.6 is 0 Å². The van der Waals surface area contributed by atoms with Crippen LogP contribution < -0.4 is 5.32 Å². The monoisotopic (exact) mass is 283 g/mol. The van der Waals surface area contributed by atoms with Crippen LogP contribution in [0.3, 0.4) is 0 Å².